The van der Waals surface area contributed by atoms with E-state index < -0.39 is 6.29 Å². The highest BCUT2D eigenvalue weighted by Crippen LogP contribution is 2.23. The minimum atomic E-state index is -0.525. The van der Waals surface area contributed by atoms with Crippen LogP contribution in [0.4, 0.5) is 5.82 Å². The third kappa shape index (κ3) is 4.08. The van der Waals surface area contributed by atoms with Crippen molar-refractivity contribution in [3.63, 3.8) is 0 Å². The second kappa shape index (κ2) is 7.77. The fraction of sp³-hybridized carbons (Fsp3) is 0.353. The van der Waals surface area contributed by atoms with Gasteiger partial charge >= 0.3 is 0 Å². The van der Waals surface area contributed by atoms with Gasteiger partial charge in [-0.1, -0.05) is 34.5 Å². The van der Waals surface area contributed by atoms with Crippen molar-refractivity contribution in [1.29, 1.82) is 0 Å². The SMILES string of the molecule is CCC1CC(=O)NC(n2nc(C)cc2NC(=O)c2cc(Br)ccc2Cl)N1. The van der Waals surface area contributed by atoms with Gasteiger partial charge in [0.2, 0.25) is 5.91 Å². The third-order valence-corrected chi connectivity index (χ3v) is 4.96. The number of nitrogens with one attached hydrogen (secondary N) is 3. The molecular formula is C17H19BrClN5O2. The lowest BCUT2D eigenvalue weighted by atomic mass is 10.1. The fourth-order valence-electron chi connectivity index (χ4n) is 2.81. The fourth-order valence-corrected chi connectivity index (χ4v) is 3.38. The number of aromatic nitrogens is 2. The Labute approximate surface area is 164 Å². The van der Waals surface area contributed by atoms with E-state index in [4.69, 9.17) is 11.6 Å². The van der Waals surface area contributed by atoms with E-state index in [1.165, 1.54) is 0 Å². The van der Waals surface area contributed by atoms with Crippen LogP contribution in [0.3, 0.4) is 0 Å². The lowest BCUT2D eigenvalue weighted by molar-refractivity contribution is -0.125. The van der Waals surface area contributed by atoms with Gasteiger partial charge in [0.05, 0.1) is 16.3 Å². The molecule has 1 aromatic carbocycles. The van der Waals surface area contributed by atoms with Crippen molar-refractivity contribution in [3.8, 4) is 0 Å². The Bertz CT molecular complexity index is 854. The molecule has 9 heteroatoms. The first-order valence-corrected chi connectivity index (χ1v) is 9.42. The van der Waals surface area contributed by atoms with Gasteiger partial charge in [-0.2, -0.15) is 5.10 Å². The van der Waals surface area contributed by atoms with Crippen LogP contribution in [0.2, 0.25) is 5.02 Å². The van der Waals surface area contributed by atoms with Gasteiger partial charge in [0, 0.05) is 23.0 Å². The van der Waals surface area contributed by atoms with Crippen LogP contribution in [-0.2, 0) is 4.79 Å². The summed E-state index contributed by atoms with van der Waals surface area (Å²) in [7, 11) is 0. The van der Waals surface area contributed by atoms with Gasteiger partial charge in [-0.25, -0.2) is 4.68 Å². The molecule has 0 saturated carbocycles. The van der Waals surface area contributed by atoms with Gasteiger partial charge in [0.15, 0.2) is 6.29 Å². The maximum atomic E-state index is 12.7. The molecule has 3 rings (SSSR count). The van der Waals surface area contributed by atoms with Gasteiger partial charge in [0.1, 0.15) is 5.82 Å². The van der Waals surface area contributed by atoms with Crippen LogP contribution in [0.25, 0.3) is 0 Å². The zero-order valence-corrected chi connectivity index (χ0v) is 16.7. The summed E-state index contributed by atoms with van der Waals surface area (Å²) in [5.74, 6) is 0.0609. The number of anilines is 1. The summed E-state index contributed by atoms with van der Waals surface area (Å²) in [5, 5.41) is 13.8. The summed E-state index contributed by atoms with van der Waals surface area (Å²) in [6, 6.07) is 6.87. The lowest BCUT2D eigenvalue weighted by Gasteiger charge is -2.31. The van der Waals surface area contributed by atoms with Gasteiger partial charge in [-0.05, 0) is 31.5 Å². The molecule has 0 spiro atoms. The molecule has 138 valence electrons. The first kappa shape index (κ1) is 18.9. The topological polar surface area (TPSA) is 88.1 Å². The highest BCUT2D eigenvalue weighted by molar-refractivity contribution is 9.10. The predicted octanol–water partition coefficient (Wildman–Crippen LogP) is 3.20. The number of aryl methyl sites for hydroxylation is 1. The second-order valence-corrected chi connectivity index (χ2v) is 7.46. The van der Waals surface area contributed by atoms with E-state index in [-0.39, 0.29) is 17.9 Å². The first-order valence-electron chi connectivity index (χ1n) is 8.25. The predicted molar refractivity (Wildman–Crippen MR) is 103 cm³/mol. The van der Waals surface area contributed by atoms with E-state index in [2.05, 4.69) is 37.0 Å². The normalized spacial score (nSPS) is 19.9. The van der Waals surface area contributed by atoms with E-state index >= 15 is 0 Å². The van der Waals surface area contributed by atoms with E-state index in [9.17, 15) is 9.59 Å². The van der Waals surface area contributed by atoms with Crippen molar-refractivity contribution in [2.24, 2.45) is 0 Å². The Balaban J connectivity index is 1.86. The van der Waals surface area contributed by atoms with E-state index in [1.54, 1.807) is 28.9 Å². The minimum Gasteiger partial charge on any atom is -0.322 e. The number of rotatable bonds is 4. The number of nitrogens with zero attached hydrogens (tertiary/aromatic N) is 2. The molecule has 1 aliphatic heterocycles. The number of benzene rings is 1. The summed E-state index contributed by atoms with van der Waals surface area (Å²) in [5.41, 5.74) is 1.06. The van der Waals surface area contributed by atoms with Gasteiger partial charge in [-0.15, -0.1) is 0 Å². The Hall–Kier alpha value is -1.90. The molecule has 0 bridgehead atoms. The van der Waals surface area contributed by atoms with Gasteiger partial charge in [-0.3, -0.25) is 14.9 Å². The molecule has 1 saturated heterocycles. The second-order valence-electron chi connectivity index (χ2n) is 6.14. The zero-order chi connectivity index (χ0) is 18.8. The molecular weight excluding hydrogens is 422 g/mol. The maximum absolute atomic E-state index is 12.7. The number of carbonyl (C=O) groups is 2. The Morgan fingerprint density at radius 3 is 2.96 bits per heavy atom. The van der Waals surface area contributed by atoms with Crippen molar-refractivity contribution in [3.05, 3.63) is 45.0 Å². The number of hydrogen-bond acceptors (Lipinski definition) is 4. The van der Waals surface area contributed by atoms with Crippen molar-refractivity contribution in [1.82, 2.24) is 20.4 Å². The van der Waals surface area contributed by atoms with E-state index in [0.29, 0.717) is 22.8 Å². The molecule has 3 N–H and O–H groups in total. The molecule has 2 amide bonds. The van der Waals surface area contributed by atoms with E-state index in [1.807, 2.05) is 13.8 Å². The van der Waals surface area contributed by atoms with E-state index in [0.717, 1.165) is 16.6 Å². The van der Waals surface area contributed by atoms with Crippen LogP contribution in [0.5, 0.6) is 0 Å². The Morgan fingerprint density at radius 1 is 1.46 bits per heavy atom. The van der Waals surface area contributed by atoms with Gasteiger partial charge in [0.25, 0.3) is 5.91 Å². The Kier molecular flexibility index (Phi) is 5.64. The van der Waals surface area contributed by atoms with Crippen molar-refractivity contribution < 1.29 is 9.59 Å². The molecule has 2 aromatic rings. The summed E-state index contributed by atoms with van der Waals surface area (Å²) in [4.78, 5) is 24.6. The minimum absolute atomic E-state index is 0.0546. The highest BCUT2D eigenvalue weighted by atomic mass is 79.9. The first-order chi connectivity index (χ1) is 12.4. The average Bonchev–Trinajstić information content (AvgIpc) is 2.96. The van der Waals surface area contributed by atoms with Crippen LogP contribution in [0.1, 0.15) is 42.1 Å². The van der Waals surface area contributed by atoms with Crippen molar-refractivity contribution in [2.75, 3.05) is 5.32 Å². The summed E-state index contributed by atoms with van der Waals surface area (Å²) in [6.45, 7) is 3.83. The summed E-state index contributed by atoms with van der Waals surface area (Å²) < 4.78 is 2.32. The lowest BCUT2D eigenvalue weighted by Crippen LogP contribution is -2.53. The molecule has 2 heterocycles. The molecule has 1 fully saturated rings. The van der Waals surface area contributed by atoms with Crippen LogP contribution in [0.15, 0.2) is 28.7 Å². The number of hydrogen-bond donors (Lipinski definition) is 3. The van der Waals surface area contributed by atoms with Crippen LogP contribution < -0.4 is 16.0 Å². The molecule has 0 radical (unpaired) electrons. The number of halogens is 2. The largest absolute Gasteiger partial charge is 0.322 e. The molecule has 1 aliphatic rings. The highest BCUT2D eigenvalue weighted by Gasteiger charge is 2.28. The quantitative estimate of drug-likeness (QED) is 0.681. The molecule has 1 aromatic heterocycles. The molecule has 2 atom stereocenters. The number of carbonyl (C=O) groups excluding carboxylic acids is 2. The standard InChI is InChI=1S/C17H19BrClN5O2/c1-3-11-8-15(25)22-17(20-11)24-14(6-9(2)23-24)21-16(26)12-7-10(18)4-5-13(12)19/h4-7,11,17,20H,3,8H2,1-2H3,(H,21,26)(H,22,25). The smallest absolute Gasteiger partial charge is 0.258 e. The number of amides is 2. The zero-order valence-electron chi connectivity index (χ0n) is 14.3. The van der Waals surface area contributed by atoms with Gasteiger partial charge < -0.3 is 10.6 Å². The van der Waals surface area contributed by atoms with Crippen LogP contribution in [-0.4, -0.2) is 27.6 Å². The van der Waals surface area contributed by atoms with Crippen LogP contribution in [0, 0.1) is 6.92 Å². The van der Waals surface area contributed by atoms with Crippen molar-refractivity contribution >= 4 is 45.2 Å². The molecule has 7 nitrogen and oxygen atoms in total. The Morgan fingerprint density at radius 2 is 2.23 bits per heavy atom. The molecule has 0 aliphatic carbocycles. The van der Waals surface area contributed by atoms with Crippen molar-refractivity contribution in [2.45, 2.75) is 39.0 Å². The maximum Gasteiger partial charge on any atom is 0.258 e. The molecule has 26 heavy (non-hydrogen) atoms. The van der Waals surface area contributed by atoms with Crippen LogP contribution >= 0.6 is 27.5 Å². The average molecular weight is 441 g/mol. The summed E-state index contributed by atoms with van der Waals surface area (Å²) in [6.07, 6.45) is 0.713. The third-order valence-electron chi connectivity index (χ3n) is 4.13. The summed E-state index contributed by atoms with van der Waals surface area (Å²) >= 11 is 9.47. The molecule has 2 unspecified atom stereocenters. The monoisotopic (exact) mass is 439 g/mol.